The zero-order valence-corrected chi connectivity index (χ0v) is 11.3. The Bertz CT molecular complexity index is 537. The van der Waals surface area contributed by atoms with Crippen LogP contribution in [0.4, 0.5) is 10.7 Å². The van der Waals surface area contributed by atoms with Crippen molar-refractivity contribution in [3.05, 3.63) is 28.0 Å². The molecule has 1 aliphatic rings. The molecule has 0 bridgehead atoms. The first kappa shape index (κ1) is 14.4. The van der Waals surface area contributed by atoms with E-state index in [2.05, 4.69) is 10.1 Å². The first-order valence-corrected chi connectivity index (χ1v) is 4.40. The van der Waals surface area contributed by atoms with Crippen molar-refractivity contribution in [2.75, 3.05) is 6.54 Å². The summed E-state index contributed by atoms with van der Waals surface area (Å²) in [5.74, 6) is -0.915. The van der Waals surface area contributed by atoms with Crippen molar-refractivity contribution in [1.82, 2.24) is 5.01 Å². The van der Waals surface area contributed by atoms with E-state index in [1.807, 2.05) is 0 Å². The molecule has 0 saturated heterocycles. The van der Waals surface area contributed by atoms with E-state index < -0.39 is 22.7 Å². The molecule has 0 aliphatic carbocycles. The molecular formula is C8H5N4NaO5. The van der Waals surface area contributed by atoms with Crippen LogP contribution < -0.4 is 34.7 Å². The molecule has 2 amide bonds. The van der Waals surface area contributed by atoms with E-state index >= 15 is 0 Å². The summed E-state index contributed by atoms with van der Waals surface area (Å²) in [6, 6.07) is 1.71. The van der Waals surface area contributed by atoms with Gasteiger partial charge in [-0.25, -0.2) is 14.8 Å². The van der Waals surface area contributed by atoms with E-state index in [1.165, 1.54) is 6.07 Å². The number of nitrogens with zero attached hydrogens (tertiary/aromatic N) is 4. The molecule has 1 aromatic rings. The van der Waals surface area contributed by atoms with Crippen LogP contribution in [0.1, 0.15) is 5.76 Å². The smallest absolute Gasteiger partial charge is 0.860 e. The van der Waals surface area contributed by atoms with Crippen LogP contribution in [0.15, 0.2) is 26.6 Å². The Hall–Kier alpha value is -1.71. The van der Waals surface area contributed by atoms with Gasteiger partial charge in [-0.1, -0.05) is 0 Å². The van der Waals surface area contributed by atoms with Crippen molar-refractivity contribution in [1.29, 1.82) is 0 Å². The molecule has 9 nitrogen and oxygen atoms in total. The molecule has 0 fully saturated rings. The fourth-order valence-electron chi connectivity index (χ4n) is 1.12. The average molecular weight is 260 g/mol. The van der Waals surface area contributed by atoms with Crippen molar-refractivity contribution in [3.63, 3.8) is 0 Å². The van der Waals surface area contributed by atoms with Crippen LogP contribution in [0.5, 0.6) is 0 Å². The zero-order valence-electron chi connectivity index (χ0n) is 9.27. The van der Waals surface area contributed by atoms with Crippen LogP contribution in [0, 0.1) is 10.1 Å². The molecule has 0 saturated carbocycles. The number of furan rings is 1. The molecule has 0 atom stereocenters. The fourth-order valence-corrected chi connectivity index (χ4v) is 1.12. The number of hydrogen-bond acceptors (Lipinski definition) is 6. The third-order valence-electron chi connectivity index (χ3n) is 1.84. The van der Waals surface area contributed by atoms with Crippen molar-refractivity contribution in [2.24, 2.45) is 10.1 Å². The summed E-state index contributed by atoms with van der Waals surface area (Å²) in [5.41, 5.74) is 0. The van der Waals surface area contributed by atoms with Gasteiger partial charge in [-0.15, -0.1) is 0 Å². The van der Waals surface area contributed by atoms with Crippen molar-refractivity contribution < 1.29 is 48.8 Å². The van der Waals surface area contributed by atoms with E-state index in [-0.39, 0.29) is 41.9 Å². The van der Waals surface area contributed by atoms with Gasteiger partial charge in [0.25, 0.3) is 0 Å². The number of urea groups is 1. The third-order valence-corrected chi connectivity index (χ3v) is 1.84. The molecule has 1 aromatic heterocycles. The van der Waals surface area contributed by atoms with Gasteiger partial charge >= 0.3 is 41.5 Å². The first-order valence-electron chi connectivity index (χ1n) is 4.40. The molecule has 0 spiro atoms. The molecule has 10 heteroatoms. The van der Waals surface area contributed by atoms with Crippen LogP contribution in [0.2, 0.25) is 0 Å². The van der Waals surface area contributed by atoms with Gasteiger partial charge in [-0.05, 0) is 12.0 Å². The predicted molar refractivity (Wildman–Crippen MR) is 52.5 cm³/mol. The molecule has 18 heavy (non-hydrogen) atoms. The van der Waals surface area contributed by atoms with Crippen LogP contribution in [0.25, 0.3) is 0 Å². The summed E-state index contributed by atoms with van der Waals surface area (Å²) in [4.78, 5) is 23.7. The van der Waals surface area contributed by atoms with Gasteiger partial charge in [-0.3, -0.25) is 10.1 Å². The number of carbonyl (C=O) groups is 1. The Morgan fingerprint density at radius 2 is 2.28 bits per heavy atom. The van der Waals surface area contributed by atoms with E-state index in [4.69, 9.17) is 4.42 Å². The molecular weight excluding hydrogens is 255 g/mol. The van der Waals surface area contributed by atoms with Gasteiger partial charge in [-0.2, -0.15) is 5.10 Å². The number of carbonyl (C=O) groups excluding carboxylic acids is 1. The van der Waals surface area contributed by atoms with Gasteiger partial charge in [0.15, 0.2) is 5.76 Å². The monoisotopic (exact) mass is 260 g/mol. The second-order valence-corrected chi connectivity index (χ2v) is 3.02. The van der Waals surface area contributed by atoms with E-state index in [9.17, 15) is 20.0 Å². The molecule has 88 valence electrons. The Labute approximate surface area is 122 Å². The van der Waals surface area contributed by atoms with E-state index in [0.29, 0.717) is 0 Å². The van der Waals surface area contributed by atoms with Crippen molar-refractivity contribution >= 4 is 24.0 Å². The molecule has 0 N–H and O–H groups in total. The fraction of sp³-hybridized carbons (Fsp3) is 0.125. The Kier molecular flexibility index (Phi) is 4.59. The minimum Gasteiger partial charge on any atom is -0.860 e. The normalized spacial score (nSPS) is 14.8. The topological polar surface area (TPSA) is 124 Å². The number of hydrazone groups is 1. The maximum atomic E-state index is 11.0. The number of amides is 2. The summed E-state index contributed by atoms with van der Waals surface area (Å²) in [6.07, 6.45) is 1.10. The van der Waals surface area contributed by atoms with Crippen LogP contribution in [-0.4, -0.2) is 34.6 Å². The molecule has 1 aliphatic heterocycles. The third kappa shape index (κ3) is 3.15. The SMILES string of the molecule is O=C1N=C([O-])CN1/N=C\c1ccc([N+](=O)[O-])o1.[Na+]. The molecule has 0 aromatic carbocycles. The van der Waals surface area contributed by atoms with Gasteiger partial charge in [0.2, 0.25) is 0 Å². The standard InChI is InChI=1S/C8H6N4O5.Na/c13-6-4-11(8(14)10-6)9-3-5-1-2-7(17-5)12(15)16;/h1-3H,4H2,(H,10,13,14);/q;+1/p-1/b9-3-;. The Morgan fingerprint density at radius 3 is 2.78 bits per heavy atom. The Morgan fingerprint density at radius 1 is 1.56 bits per heavy atom. The van der Waals surface area contributed by atoms with Gasteiger partial charge in [0.05, 0.1) is 18.8 Å². The summed E-state index contributed by atoms with van der Waals surface area (Å²) in [7, 11) is 0. The second-order valence-electron chi connectivity index (χ2n) is 3.02. The van der Waals surface area contributed by atoms with Crippen LogP contribution in [-0.2, 0) is 0 Å². The number of aliphatic imine (C=N–C) groups is 1. The van der Waals surface area contributed by atoms with Gasteiger partial charge < -0.3 is 9.52 Å². The van der Waals surface area contributed by atoms with Crippen LogP contribution in [0.3, 0.4) is 0 Å². The first-order chi connectivity index (χ1) is 8.06. The molecule has 2 heterocycles. The van der Waals surface area contributed by atoms with Gasteiger partial charge in [0.1, 0.15) is 4.92 Å². The van der Waals surface area contributed by atoms with Crippen LogP contribution >= 0.6 is 0 Å². The number of hydrogen-bond donors (Lipinski definition) is 0. The number of nitro groups is 1. The molecule has 0 radical (unpaired) electrons. The maximum absolute atomic E-state index is 11.0. The second kappa shape index (κ2) is 5.76. The van der Waals surface area contributed by atoms with Gasteiger partial charge in [0, 0.05) is 0 Å². The van der Waals surface area contributed by atoms with E-state index in [0.717, 1.165) is 17.3 Å². The largest absolute Gasteiger partial charge is 1.00 e. The maximum Gasteiger partial charge on any atom is 1.00 e. The molecule has 2 rings (SSSR count). The average Bonchev–Trinajstić information content (AvgIpc) is 2.82. The van der Waals surface area contributed by atoms with E-state index in [1.54, 1.807) is 0 Å². The summed E-state index contributed by atoms with van der Waals surface area (Å²) < 4.78 is 4.77. The minimum absolute atomic E-state index is 0. The van der Waals surface area contributed by atoms with Crippen molar-refractivity contribution in [2.45, 2.75) is 0 Å². The summed E-state index contributed by atoms with van der Waals surface area (Å²) in [5, 5.41) is 25.5. The zero-order chi connectivity index (χ0) is 12.4. The minimum atomic E-state index is -0.771. The summed E-state index contributed by atoms with van der Waals surface area (Å²) >= 11 is 0. The Balaban J connectivity index is 0.00000162. The summed E-state index contributed by atoms with van der Waals surface area (Å²) in [6.45, 7) is -0.238. The van der Waals surface area contributed by atoms with Crippen molar-refractivity contribution in [3.8, 4) is 0 Å². The quantitative estimate of drug-likeness (QED) is 0.244. The number of rotatable bonds is 3. The predicted octanol–water partition coefficient (Wildman–Crippen LogP) is -3.28. The molecule has 0 unspecified atom stereocenters.